The van der Waals surface area contributed by atoms with Crippen molar-refractivity contribution in [3.63, 3.8) is 0 Å². The zero-order valence-corrected chi connectivity index (χ0v) is 25.8. The fourth-order valence-electron chi connectivity index (χ4n) is 6.36. The first-order valence-corrected chi connectivity index (χ1v) is 16.5. The molecule has 4 aromatic rings. The number of carbonyl (C=O) groups is 4. The van der Waals surface area contributed by atoms with E-state index in [1.807, 2.05) is 10.8 Å². The number of carbonyl (C=O) groups excluding carboxylic acids is 4. The zero-order chi connectivity index (χ0) is 31.1. The van der Waals surface area contributed by atoms with E-state index < -0.39 is 11.8 Å². The van der Waals surface area contributed by atoms with Crippen LogP contribution in [-0.2, 0) is 13.0 Å². The third-order valence-electron chi connectivity index (χ3n) is 8.68. The minimum Gasteiger partial charge on any atom is -0.485 e. The van der Waals surface area contributed by atoms with Gasteiger partial charge in [-0.3, -0.25) is 29.0 Å². The van der Waals surface area contributed by atoms with Gasteiger partial charge in [-0.15, -0.1) is 16.4 Å². The van der Waals surface area contributed by atoms with Crippen LogP contribution < -0.4 is 9.47 Å². The minimum absolute atomic E-state index is 0.103. The molecule has 1 unspecified atom stereocenters. The normalized spacial score (nSPS) is 17.1. The van der Waals surface area contributed by atoms with Crippen molar-refractivity contribution in [3.8, 4) is 11.5 Å². The van der Waals surface area contributed by atoms with Crippen LogP contribution in [0, 0.1) is 0 Å². The summed E-state index contributed by atoms with van der Waals surface area (Å²) in [5.41, 5.74) is 1.94. The lowest BCUT2D eigenvalue weighted by atomic mass is 9.86. The molecule has 12 heteroatoms. The molecule has 1 atom stereocenters. The summed E-state index contributed by atoms with van der Waals surface area (Å²) in [7, 11) is 0. The second-order valence-corrected chi connectivity index (χ2v) is 12.4. The van der Waals surface area contributed by atoms with E-state index in [9.17, 15) is 19.2 Å². The first-order chi connectivity index (χ1) is 21.9. The number of amides is 4. The number of imide groups is 2. The van der Waals surface area contributed by atoms with Crippen molar-refractivity contribution in [1.29, 1.82) is 0 Å². The van der Waals surface area contributed by atoms with Gasteiger partial charge in [-0.05, 0) is 30.7 Å². The molecule has 0 saturated carbocycles. The van der Waals surface area contributed by atoms with Crippen LogP contribution in [0.1, 0.15) is 92.6 Å². The summed E-state index contributed by atoms with van der Waals surface area (Å²) in [6.07, 6.45) is 8.13. The highest BCUT2D eigenvalue weighted by Crippen LogP contribution is 2.38. The van der Waals surface area contributed by atoms with Crippen LogP contribution in [0.3, 0.4) is 0 Å². The summed E-state index contributed by atoms with van der Waals surface area (Å²) < 4.78 is 13.4. The van der Waals surface area contributed by atoms with E-state index >= 15 is 0 Å². The van der Waals surface area contributed by atoms with E-state index in [4.69, 9.17) is 9.47 Å². The quantitative estimate of drug-likeness (QED) is 0.157. The Balaban J connectivity index is 1.04. The number of aromatic nitrogens is 3. The number of ether oxygens (including phenoxy) is 2. The largest absolute Gasteiger partial charge is 0.485 e. The number of hydrogen-bond acceptors (Lipinski definition) is 9. The summed E-state index contributed by atoms with van der Waals surface area (Å²) in [5, 5.41) is 13.0. The van der Waals surface area contributed by atoms with Crippen LogP contribution in [-0.4, -0.2) is 74.2 Å². The number of hydrogen-bond donors (Lipinski definition) is 0. The van der Waals surface area contributed by atoms with Gasteiger partial charge in [0.05, 0.1) is 12.2 Å². The lowest BCUT2D eigenvalue weighted by molar-refractivity contribution is 0.0588. The van der Waals surface area contributed by atoms with Gasteiger partial charge in [0.25, 0.3) is 23.6 Å². The first kappa shape index (κ1) is 29.1. The third kappa shape index (κ3) is 5.26. The summed E-state index contributed by atoms with van der Waals surface area (Å²) >= 11 is 1.52. The number of fused-ring (bicyclic) bond motifs is 1. The fraction of sp³-hybridized carbons (Fsp3) is 0.394. The highest BCUT2D eigenvalue weighted by atomic mass is 32.1. The van der Waals surface area contributed by atoms with E-state index in [0.29, 0.717) is 64.8 Å². The highest BCUT2D eigenvalue weighted by Gasteiger charge is 2.39. The molecule has 4 amide bonds. The maximum absolute atomic E-state index is 13.6. The zero-order valence-electron chi connectivity index (χ0n) is 25.0. The number of nitrogens with zero attached hydrogens (tertiary/aromatic N) is 5. The Morgan fingerprint density at radius 1 is 0.778 bits per heavy atom. The lowest BCUT2D eigenvalue weighted by Crippen LogP contribution is -2.44. The van der Waals surface area contributed by atoms with Gasteiger partial charge >= 0.3 is 0 Å². The Bertz CT molecular complexity index is 1760. The van der Waals surface area contributed by atoms with Crippen LogP contribution in [0.15, 0.2) is 41.2 Å². The van der Waals surface area contributed by atoms with Crippen molar-refractivity contribution in [2.24, 2.45) is 0 Å². The molecule has 2 aromatic heterocycles. The summed E-state index contributed by atoms with van der Waals surface area (Å²) in [6, 6.07) is 6.43. The fourth-order valence-corrected chi connectivity index (χ4v) is 7.03. The van der Waals surface area contributed by atoms with Gasteiger partial charge in [0.1, 0.15) is 6.61 Å². The molecule has 5 heterocycles. The predicted octanol–water partition coefficient (Wildman–Crippen LogP) is 5.13. The molecule has 0 bridgehead atoms. The van der Waals surface area contributed by atoms with Gasteiger partial charge in [-0.1, -0.05) is 44.2 Å². The monoisotopic (exact) mass is 627 g/mol. The summed E-state index contributed by atoms with van der Waals surface area (Å²) in [6.45, 7) is 3.46. The molecule has 11 nitrogen and oxygen atoms in total. The van der Waals surface area contributed by atoms with E-state index in [0.717, 1.165) is 43.6 Å². The van der Waals surface area contributed by atoms with Crippen molar-refractivity contribution in [3.05, 3.63) is 69.2 Å². The molecule has 0 N–H and O–H groups in total. The second-order valence-electron chi connectivity index (χ2n) is 11.7. The van der Waals surface area contributed by atoms with Crippen LogP contribution in [0.4, 0.5) is 0 Å². The molecule has 3 aliphatic rings. The molecular formula is C33H33N5O6S. The molecule has 232 valence electrons. The van der Waals surface area contributed by atoms with Gasteiger partial charge in [-0.25, -0.2) is 4.68 Å². The molecule has 45 heavy (non-hydrogen) atoms. The van der Waals surface area contributed by atoms with Crippen molar-refractivity contribution < 1.29 is 28.7 Å². The van der Waals surface area contributed by atoms with Crippen molar-refractivity contribution in [1.82, 2.24) is 24.8 Å². The third-order valence-corrected chi connectivity index (χ3v) is 9.38. The molecule has 2 aromatic carbocycles. The van der Waals surface area contributed by atoms with E-state index in [1.165, 1.54) is 27.6 Å². The first-order valence-electron chi connectivity index (χ1n) is 15.5. The van der Waals surface area contributed by atoms with Crippen molar-refractivity contribution in [2.45, 2.75) is 64.5 Å². The SMILES string of the molecule is CCCCCCCCN1C(=O)c2ccc3c4c(ccc(c24)C1=O)C(=O)N(CCc1cn(CC2COc4cscc4O2)nn1)C3=O. The number of unbranched alkanes of at least 4 members (excludes halogenated alkanes) is 5. The van der Waals surface area contributed by atoms with Gasteiger partial charge in [0.2, 0.25) is 0 Å². The Kier molecular flexibility index (Phi) is 7.82. The Labute approximate surface area is 263 Å². The maximum Gasteiger partial charge on any atom is 0.261 e. The summed E-state index contributed by atoms with van der Waals surface area (Å²) in [4.78, 5) is 56.7. The van der Waals surface area contributed by atoms with E-state index in [2.05, 4.69) is 17.2 Å². The Hall–Kier alpha value is -4.58. The topological polar surface area (TPSA) is 124 Å². The molecule has 0 aliphatic carbocycles. The van der Waals surface area contributed by atoms with Crippen LogP contribution in [0.5, 0.6) is 11.5 Å². The molecule has 3 aliphatic heterocycles. The van der Waals surface area contributed by atoms with Crippen molar-refractivity contribution in [2.75, 3.05) is 19.7 Å². The van der Waals surface area contributed by atoms with Gasteiger partial charge in [-0.2, -0.15) is 0 Å². The average Bonchev–Trinajstić information content (AvgIpc) is 3.71. The minimum atomic E-state index is -0.461. The van der Waals surface area contributed by atoms with Gasteiger partial charge in [0.15, 0.2) is 17.6 Å². The molecule has 7 rings (SSSR count). The summed E-state index contributed by atoms with van der Waals surface area (Å²) in [5.74, 6) is -0.211. The molecular weight excluding hydrogens is 594 g/mol. The van der Waals surface area contributed by atoms with E-state index in [-0.39, 0.29) is 24.5 Å². The number of rotatable bonds is 12. The smallest absolute Gasteiger partial charge is 0.261 e. The van der Waals surface area contributed by atoms with Crippen LogP contribution in [0.25, 0.3) is 10.8 Å². The Morgan fingerprint density at radius 2 is 1.36 bits per heavy atom. The maximum atomic E-state index is 13.6. The highest BCUT2D eigenvalue weighted by molar-refractivity contribution is 7.08. The molecule has 0 radical (unpaired) electrons. The van der Waals surface area contributed by atoms with Gasteiger partial charge in [0, 0.05) is 69.5 Å². The molecule has 0 saturated heterocycles. The predicted molar refractivity (Wildman–Crippen MR) is 166 cm³/mol. The standard InChI is InChI=1S/C33H33N5O6S/c1-2-3-4-5-6-7-13-37-30(39)22-8-10-24-29-25(11-9-23(28(22)29)31(37)40)33(42)38(32(24)41)14-12-20-15-36(35-34-20)16-21-17-43-26-18-45-19-27(26)44-21/h8-11,15,18-19,21H,2-7,12-14,16-17H2,1H3. The lowest BCUT2D eigenvalue weighted by Gasteiger charge is -2.31. The van der Waals surface area contributed by atoms with E-state index in [1.54, 1.807) is 35.1 Å². The average molecular weight is 628 g/mol. The molecule has 0 spiro atoms. The van der Waals surface area contributed by atoms with Crippen molar-refractivity contribution >= 4 is 45.7 Å². The Morgan fingerprint density at radius 3 is 2.00 bits per heavy atom. The number of thiophene rings is 1. The van der Waals surface area contributed by atoms with Crippen LogP contribution in [0.2, 0.25) is 0 Å². The number of benzene rings is 2. The molecule has 0 fully saturated rings. The van der Waals surface area contributed by atoms with Gasteiger partial charge < -0.3 is 9.47 Å². The second kappa shape index (κ2) is 12.1. The van der Waals surface area contributed by atoms with Crippen LogP contribution >= 0.6 is 11.3 Å².